The van der Waals surface area contributed by atoms with Crippen molar-refractivity contribution >= 4 is 27.5 Å². The molecule has 1 aliphatic heterocycles. The zero-order chi connectivity index (χ0) is 14.3. The summed E-state index contributed by atoms with van der Waals surface area (Å²) in [5.41, 5.74) is 0.503. The maximum Gasteiger partial charge on any atom is 0.349 e. The van der Waals surface area contributed by atoms with Gasteiger partial charge in [-0.25, -0.2) is 9.78 Å². The third kappa shape index (κ3) is 1.80. The molecular formula is C13H11N3O3S. The first kappa shape index (κ1) is 12.8. The van der Waals surface area contributed by atoms with Gasteiger partial charge in [0.1, 0.15) is 21.6 Å². The number of hydrogen-bond acceptors (Lipinski definition) is 6. The molecule has 0 spiro atoms. The lowest BCUT2D eigenvalue weighted by Gasteiger charge is -2.01. The Labute approximate surface area is 118 Å². The Kier molecular flexibility index (Phi) is 3.03. The van der Waals surface area contributed by atoms with Crippen molar-refractivity contribution < 1.29 is 9.53 Å². The summed E-state index contributed by atoms with van der Waals surface area (Å²) in [5.74, 6) is 0.206. The minimum Gasteiger partial charge on any atom is -0.446 e. The van der Waals surface area contributed by atoms with Gasteiger partial charge in [-0.05, 0) is 18.9 Å². The first-order valence-corrected chi connectivity index (χ1v) is 7.02. The lowest BCUT2D eigenvalue weighted by molar-refractivity contribution is 0.0560. The van der Waals surface area contributed by atoms with Crippen LogP contribution in [0.15, 0.2) is 4.79 Å². The third-order valence-electron chi connectivity index (χ3n) is 3.36. The van der Waals surface area contributed by atoms with Gasteiger partial charge in [-0.3, -0.25) is 9.36 Å². The van der Waals surface area contributed by atoms with Crippen LogP contribution in [-0.2, 0) is 17.7 Å². The second-order valence-electron chi connectivity index (χ2n) is 4.56. The topological polar surface area (TPSA) is 85.0 Å². The van der Waals surface area contributed by atoms with Gasteiger partial charge < -0.3 is 4.74 Å². The van der Waals surface area contributed by atoms with E-state index in [1.165, 1.54) is 0 Å². The molecule has 2 aromatic rings. The van der Waals surface area contributed by atoms with Crippen molar-refractivity contribution in [1.29, 1.82) is 5.26 Å². The molecule has 0 N–H and O–H groups in total. The number of nitrogens with zero attached hydrogens (tertiary/aromatic N) is 3. The number of esters is 1. The van der Waals surface area contributed by atoms with E-state index in [0.717, 1.165) is 30.0 Å². The van der Waals surface area contributed by atoms with Crippen molar-refractivity contribution in [3.05, 3.63) is 26.6 Å². The summed E-state index contributed by atoms with van der Waals surface area (Å²) in [6, 6.07) is 1.75. The molecule has 0 aliphatic carbocycles. The first-order chi connectivity index (χ1) is 9.63. The average Bonchev–Trinajstić information content (AvgIpc) is 3.01. The van der Waals surface area contributed by atoms with Crippen molar-refractivity contribution in [3.63, 3.8) is 0 Å². The van der Waals surface area contributed by atoms with Crippen molar-refractivity contribution in [2.75, 3.05) is 6.61 Å². The van der Waals surface area contributed by atoms with Crippen LogP contribution in [0.2, 0.25) is 0 Å². The van der Waals surface area contributed by atoms with Gasteiger partial charge >= 0.3 is 5.97 Å². The highest BCUT2D eigenvalue weighted by Gasteiger charge is 2.23. The molecule has 0 fully saturated rings. The van der Waals surface area contributed by atoms with Crippen LogP contribution in [0.1, 0.15) is 27.5 Å². The number of thiophene rings is 1. The molecule has 3 rings (SSSR count). The monoisotopic (exact) mass is 289 g/mol. The minimum absolute atomic E-state index is 0.0874. The molecule has 0 radical (unpaired) electrons. The van der Waals surface area contributed by atoms with E-state index in [-0.39, 0.29) is 12.2 Å². The Balaban J connectivity index is 2.17. The number of carbonyl (C=O) groups excluding carboxylic acids is 1. The fourth-order valence-corrected chi connectivity index (χ4v) is 3.52. The molecular weight excluding hydrogens is 278 g/mol. The molecule has 0 amide bonds. The summed E-state index contributed by atoms with van der Waals surface area (Å²) in [4.78, 5) is 29.7. The number of rotatable bonds is 2. The molecule has 3 heterocycles. The Hall–Kier alpha value is -2.20. The van der Waals surface area contributed by atoms with Crippen molar-refractivity contribution in [3.8, 4) is 6.07 Å². The second-order valence-corrected chi connectivity index (χ2v) is 5.56. The van der Waals surface area contributed by atoms with E-state index in [1.54, 1.807) is 17.6 Å². The van der Waals surface area contributed by atoms with Gasteiger partial charge in [-0.1, -0.05) is 0 Å². The number of fused-ring (bicyclic) bond motifs is 2. The predicted molar refractivity (Wildman–Crippen MR) is 72.8 cm³/mol. The molecule has 20 heavy (non-hydrogen) atoms. The van der Waals surface area contributed by atoms with Crippen LogP contribution in [-0.4, -0.2) is 22.1 Å². The minimum atomic E-state index is -0.573. The van der Waals surface area contributed by atoms with Crippen LogP contribution in [0.25, 0.3) is 10.2 Å². The van der Waals surface area contributed by atoms with Gasteiger partial charge in [0.25, 0.3) is 5.56 Å². The van der Waals surface area contributed by atoms with Gasteiger partial charge in [0.05, 0.1) is 5.39 Å². The SMILES string of the molecule is Cc1c(C(=O)OCC#N)sc2nc3n(c(=O)c12)CCC3. The van der Waals surface area contributed by atoms with E-state index in [9.17, 15) is 9.59 Å². The van der Waals surface area contributed by atoms with Crippen LogP contribution in [0.5, 0.6) is 0 Å². The summed E-state index contributed by atoms with van der Waals surface area (Å²) in [7, 11) is 0. The normalized spacial score (nSPS) is 13.2. The summed E-state index contributed by atoms with van der Waals surface area (Å²) < 4.78 is 6.48. The van der Waals surface area contributed by atoms with E-state index < -0.39 is 5.97 Å². The highest BCUT2D eigenvalue weighted by Crippen LogP contribution is 2.29. The first-order valence-electron chi connectivity index (χ1n) is 6.20. The zero-order valence-electron chi connectivity index (χ0n) is 10.8. The Morgan fingerprint density at radius 3 is 3.15 bits per heavy atom. The smallest absolute Gasteiger partial charge is 0.349 e. The van der Waals surface area contributed by atoms with E-state index in [0.29, 0.717) is 27.2 Å². The molecule has 0 unspecified atom stereocenters. The second kappa shape index (κ2) is 4.72. The Bertz CT molecular complexity index is 813. The van der Waals surface area contributed by atoms with Gasteiger partial charge in [-0.15, -0.1) is 11.3 Å². The molecule has 102 valence electrons. The molecule has 0 bridgehead atoms. The van der Waals surface area contributed by atoms with Crippen LogP contribution < -0.4 is 5.56 Å². The van der Waals surface area contributed by atoms with E-state index in [4.69, 9.17) is 10.00 Å². The maximum absolute atomic E-state index is 12.4. The van der Waals surface area contributed by atoms with Crippen LogP contribution in [0.3, 0.4) is 0 Å². The summed E-state index contributed by atoms with van der Waals surface area (Å²) in [6.45, 7) is 2.10. The van der Waals surface area contributed by atoms with Crippen molar-refractivity contribution in [2.45, 2.75) is 26.3 Å². The molecule has 0 atom stereocenters. The molecule has 0 saturated heterocycles. The molecule has 7 heteroatoms. The van der Waals surface area contributed by atoms with Crippen molar-refractivity contribution in [1.82, 2.24) is 9.55 Å². The number of hydrogen-bond donors (Lipinski definition) is 0. The van der Waals surface area contributed by atoms with Crippen molar-refractivity contribution in [2.24, 2.45) is 0 Å². The van der Waals surface area contributed by atoms with Gasteiger partial charge in [-0.2, -0.15) is 5.26 Å². The highest BCUT2D eigenvalue weighted by atomic mass is 32.1. The van der Waals surface area contributed by atoms with Gasteiger partial charge in [0.2, 0.25) is 0 Å². The number of carbonyl (C=O) groups is 1. The Morgan fingerprint density at radius 2 is 2.40 bits per heavy atom. The van der Waals surface area contributed by atoms with Crippen LogP contribution >= 0.6 is 11.3 Å². The standard InChI is InChI=1S/C13H11N3O3S/c1-7-9-11(20-10(7)13(18)19-6-4-14)15-8-3-2-5-16(8)12(9)17/h2-3,5-6H2,1H3. The summed E-state index contributed by atoms with van der Waals surface area (Å²) in [6.07, 6.45) is 1.71. The Morgan fingerprint density at radius 1 is 1.60 bits per heavy atom. The molecule has 6 nitrogen and oxygen atoms in total. The highest BCUT2D eigenvalue weighted by molar-refractivity contribution is 7.20. The fourth-order valence-electron chi connectivity index (χ4n) is 2.43. The van der Waals surface area contributed by atoms with Gasteiger partial charge in [0, 0.05) is 13.0 Å². The lowest BCUT2D eigenvalue weighted by Crippen LogP contribution is -2.20. The molecule has 0 aromatic carbocycles. The lowest BCUT2D eigenvalue weighted by atomic mass is 10.2. The van der Waals surface area contributed by atoms with E-state index in [1.807, 2.05) is 0 Å². The number of aromatic nitrogens is 2. The quantitative estimate of drug-likeness (QED) is 0.780. The van der Waals surface area contributed by atoms with Gasteiger partial charge in [0.15, 0.2) is 6.61 Å². The average molecular weight is 289 g/mol. The van der Waals surface area contributed by atoms with E-state index >= 15 is 0 Å². The number of nitriles is 1. The molecule has 1 aliphatic rings. The number of aryl methyl sites for hydroxylation is 2. The summed E-state index contributed by atoms with van der Waals surface area (Å²) >= 11 is 1.15. The largest absolute Gasteiger partial charge is 0.446 e. The predicted octanol–water partition coefficient (Wildman–Crippen LogP) is 1.39. The molecule has 0 saturated carbocycles. The van der Waals surface area contributed by atoms with E-state index in [2.05, 4.69) is 4.98 Å². The van der Waals surface area contributed by atoms with Crippen LogP contribution in [0.4, 0.5) is 0 Å². The third-order valence-corrected chi connectivity index (χ3v) is 4.53. The fraction of sp³-hybridized carbons (Fsp3) is 0.385. The zero-order valence-corrected chi connectivity index (χ0v) is 11.6. The molecule has 2 aromatic heterocycles. The summed E-state index contributed by atoms with van der Waals surface area (Å²) in [5, 5.41) is 8.93. The maximum atomic E-state index is 12.4. The van der Waals surface area contributed by atoms with Crippen LogP contribution in [0, 0.1) is 18.3 Å². The number of ether oxygens (including phenoxy) is 1.